The van der Waals surface area contributed by atoms with Crippen LogP contribution < -0.4 is 15.2 Å². The van der Waals surface area contributed by atoms with Gasteiger partial charge in [-0.2, -0.15) is 0 Å². The molecule has 0 saturated carbocycles. The number of aromatic nitrogens is 2. The van der Waals surface area contributed by atoms with Crippen molar-refractivity contribution in [1.29, 1.82) is 0 Å². The molecule has 2 aromatic heterocycles. The fourth-order valence-corrected chi connectivity index (χ4v) is 8.28. The topological polar surface area (TPSA) is 96.6 Å². The van der Waals surface area contributed by atoms with Crippen LogP contribution in [-0.2, 0) is 22.6 Å². The second-order valence-electron chi connectivity index (χ2n) is 11.1. The molecule has 11 heteroatoms. The van der Waals surface area contributed by atoms with Gasteiger partial charge < -0.3 is 9.32 Å². The van der Waals surface area contributed by atoms with Crippen LogP contribution in [0.2, 0.25) is 5.02 Å². The predicted octanol–water partition coefficient (Wildman–Crippen LogP) is 7.35. The molecule has 1 atom stereocenters. The number of nitrogens with zero attached hydrogens (tertiary/aromatic N) is 4. The molecule has 8 rings (SSSR count). The second kappa shape index (κ2) is 10.9. The Balaban J connectivity index is 1.31. The van der Waals surface area contributed by atoms with E-state index in [2.05, 4.69) is 10.2 Å². The van der Waals surface area contributed by atoms with Gasteiger partial charge in [0, 0.05) is 16.3 Å². The maximum Gasteiger partial charge on any atom is 0.297 e. The number of carbonyl (C=O) groups excluding carboxylic acids is 2. The van der Waals surface area contributed by atoms with Crippen molar-refractivity contribution in [2.45, 2.75) is 29.1 Å². The van der Waals surface area contributed by atoms with Crippen molar-refractivity contribution >= 4 is 68.3 Å². The summed E-state index contributed by atoms with van der Waals surface area (Å²) in [5.74, 6) is -0.626. The summed E-state index contributed by atoms with van der Waals surface area (Å²) >= 11 is 8.69. The summed E-state index contributed by atoms with van der Waals surface area (Å²) in [4.78, 5) is 47.0. The Kier molecular flexibility index (Phi) is 6.82. The molecule has 4 heterocycles. The average molecular weight is 663 g/mol. The fourth-order valence-electron chi connectivity index (χ4n) is 6.30. The van der Waals surface area contributed by atoms with Crippen LogP contribution in [0.15, 0.2) is 111 Å². The van der Waals surface area contributed by atoms with E-state index in [0.717, 1.165) is 16.7 Å². The van der Waals surface area contributed by atoms with Crippen molar-refractivity contribution in [3.05, 3.63) is 146 Å². The second-order valence-corrected chi connectivity index (χ2v) is 13.7. The largest absolute Gasteiger partial charge is 0.450 e. The highest BCUT2D eigenvalue weighted by atomic mass is 35.5. The predicted molar refractivity (Wildman–Crippen MR) is 180 cm³/mol. The Bertz CT molecular complexity index is 2270. The molecule has 2 aliphatic rings. The summed E-state index contributed by atoms with van der Waals surface area (Å²) in [6.07, 6.45) is 0. The van der Waals surface area contributed by atoms with E-state index in [1.54, 1.807) is 35.2 Å². The minimum atomic E-state index is -1.84. The van der Waals surface area contributed by atoms with Crippen LogP contribution in [0.25, 0.3) is 11.0 Å². The van der Waals surface area contributed by atoms with Crippen LogP contribution in [0.3, 0.4) is 0 Å². The number of hydrogen-bond acceptors (Lipinski definition) is 8. The smallest absolute Gasteiger partial charge is 0.297 e. The van der Waals surface area contributed by atoms with E-state index < -0.39 is 22.8 Å². The third-order valence-electron chi connectivity index (χ3n) is 8.48. The van der Waals surface area contributed by atoms with Gasteiger partial charge in [0.25, 0.3) is 11.8 Å². The van der Waals surface area contributed by atoms with E-state index in [-0.39, 0.29) is 34.0 Å². The van der Waals surface area contributed by atoms with Gasteiger partial charge in [-0.15, -0.1) is 10.2 Å². The molecule has 8 nitrogen and oxygen atoms in total. The maximum atomic E-state index is 15.1. The molecule has 1 spiro atoms. The number of fused-ring (bicyclic) bond motifs is 5. The van der Waals surface area contributed by atoms with Gasteiger partial charge in [-0.3, -0.25) is 19.3 Å². The average Bonchev–Trinajstić information content (AvgIpc) is 3.71. The summed E-state index contributed by atoms with van der Waals surface area (Å²) in [6, 6.07) is 29.4. The molecular weight excluding hydrogens is 640 g/mol. The van der Waals surface area contributed by atoms with Crippen LogP contribution in [0, 0.1) is 6.92 Å². The highest BCUT2D eigenvalue weighted by molar-refractivity contribution is 8.00. The number of anilines is 2. The molecule has 46 heavy (non-hydrogen) atoms. The lowest BCUT2D eigenvalue weighted by Crippen LogP contribution is -2.53. The number of hydrogen-bond donors (Lipinski definition) is 0. The zero-order valence-corrected chi connectivity index (χ0v) is 26.7. The Hall–Kier alpha value is -4.77. The molecule has 0 bridgehead atoms. The lowest BCUT2D eigenvalue weighted by molar-refractivity contribution is -0.121. The molecule has 0 N–H and O–H groups in total. The first kappa shape index (κ1) is 28.7. The lowest BCUT2D eigenvalue weighted by atomic mass is 9.84. The van der Waals surface area contributed by atoms with Gasteiger partial charge in [0.05, 0.1) is 23.2 Å². The van der Waals surface area contributed by atoms with E-state index in [4.69, 9.17) is 16.0 Å². The molecule has 4 aromatic carbocycles. The van der Waals surface area contributed by atoms with Crippen molar-refractivity contribution in [1.82, 2.24) is 10.2 Å². The molecule has 2 amide bonds. The number of thioether (sulfide) groups is 1. The SMILES string of the molecule is Cc1ccccc1CN1C(=O)C2(c3ccccc31)c1c(oc3ccccc3c1=O)C(=O)N2c1nnc(SCc2ccc(Cl)cc2)s1. The number of amides is 2. The number of aryl methyl sites for hydroxylation is 1. The third kappa shape index (κ3) is 4.24. The van der Waals surface area contributed by atoms with E-state index >= 15 is 4.79 Å². The number of halogens is 1. The monoisotopic (exact) mass is 662 g/mol. The van der Waals surface area contributed by atoms with Gasteiger partial charge in [-0.05, 0) is 53.9 Å². The summed E-state index contributed by atoms with van der Waals surface area (Å²) in [6.45, 7) is 2.24. The van der Waals surface area contributed by atoms with Crippen molar-refractivity contribution < 1.29 is 14.0 Å². The van der Waals surface area contributed by atoms with Gasteiger partial charge in [0.15, 0.2) is 15.3 Å². The van der Waals surface area contributed by atoms with Gasteiger partial charge in [0.2, 0.25) is 10.9 Å². The first-order valence-corrected chi connectivity index (χ1v) is 16.6. The van der Waals surface area contributed by atoms with Crippen molar-refractivity contribution in [2.24, 2.45) is 0 Å². The molecule has 226 valence electrons. The third-order valence-corrected chi connectivity index (χ3v) is 10.8. The lowest BCUT2D eigenvalue weighted by Gasteiger charge is -2.32. The summed E-state index contributed by atoms with van der Waals surface area (Å²) in [5.41, 5.74) is 2.11. The minimum absolute atomic E-state index is 0.00787. The Morgan fingerprint density at radius 2 is 1.63 bits per heavy atom. The molecule has 0 radical (unpaired) electrons. The van der Waals surface area contributed by atoms with Crippen LogP contribution in [0.4, 0.5) is 10.8 Å². The first-order valence-electron chi connectivity index (χ1n) is 14.5. The normalized spacial score (nSPS) is 16.9. The number of benzene rings is 4. The van der Waals surface area contributed by atoms with Crippen LogP contribution in [-0.4, -0.2) is 22.0 Å². The van der Waals surface area contributed by atoms with Crippen molar-refractivity contribution in [3.63, 3.8) is 0 Å². The fraction of sp³-hybridized carbons (Fsp3) is 0.114. The molecule has 2 aliphatic heterocycles. The Labute approximate surface area is 276 Å². The summed E-state index contributed by atoms with van der Waals surface area (Å²) in [5, 5.41) is 9.94. The standard InChI is InChI=1S/C35H23ClN4O4S2/c1-20-8-2-3-9-22(20)18-39-26-12-6-5-11-25(26)35(32(39)43)28-29(41)24-10-4-7-13-27(24)44-30(28)31(42)40(35)33-37-38-34(46-33)45-19-21-14-16-23(36)17-15-21/h2-17H,18-19H2,1H3. The summed E-state index contributed by atoms with van der Waals surface area (Å²) in [7, 11) is 0. The van der Waals surface area contributed by atoms with E-state index in [9.17, 15) is 9.59 Å². The molecule has 1 unspecified atom stereocenters. The number of para-hydroxylation sites is 2. The minimum Gasteiger partial charge on any atom is -0.450 e. The first-order chi connectivity index (χ1) is 22.4. The molecule has 6 aromatic rings. The van der Waals surface area contributed by atoms with Crippen molar-refractivity contribution in [3.8, 4) is 0 Å². The van der Waals surface area contributed by atoms with Gasteiger partial charge in [0.1, 0.15) is 5.58 Å². The highest BCUT2D eigenvalue weighted by Crippen LogP contribution is 2.55. The van der Waals surface area contributed by atoms with Crippen LogP contribution >= 0.6 is 34.7 Å². The number of carbonyl (C=O) groups is 2. The zero-order chi connectivity index (χ0) is 31.6. The van der Waals surface area contributed by atoms with Crippen molar-refractivity contribution in [2.75, 3.05) is 9.80 Å². The Morgan fingerprint density at radius 3 is 2.46 bits per heavy atom. The van der Waals surface area contributed by atoms with E-state index in [1.807, 2.05) is 73.7 Å². The quantitative estimate of drug-likeness (QED) is 0.136. The summed E-state index contributed by atoms with van der Waals surface area (Å²) < 4.78 is 6.77. The van der Waals surface area contributed by atoms with Gasteiger partial charge in [-0.25, -0.2) is 0 Å². The van der Waals surface area contributed by atoms with Gasteiger partial charge in [-0.1, -0.05) is 101 Å². The zero-order valence-electron chi connectivity index (χ0n) is 24.3. The molecule has 0 aliphatic carbocycles. The maximum absolute atomic E-state index is 15.1. The van der Waals surface area contributed by atoms with E-state index in [0.29, 0.717) is 26.4 Å². The van der Waals surface area contributed by atoms with Crippen LogP contribution in [0.5, 0.6) is 0 Å². The number of rotatable bonds is 6. The Morgan fingerprint density at radius 1 is 0.891 bits per heavy atom. The highest BCUT2D eigenvalue weighted by Gasteiger charge is 2.66. The molecular formula is C35H23ClN4O4S2. The van der Waals surface area contributed by atoms with Gasteiger partial charge >= 0.3 is 0 Å². The van der Waals surface area contributed by atoms with E-state index in [1.165, 1.54) is 28.0 Å². The van der Waals surface area contributed by atoms with Crippen LogP contribution in [0.1, 0.15) is 38.4 Å². The molecule has 0 saturated heterocycles. The molecule has 0 fully saturated rings.